The average molecular weight is 485 g/mol. The molecule has 1 amide bonds. The van der Waals surface area contributed by atoms with E-state index in [-0.39, 0.29) is 40.7 Å². The van der Waals surface area contributed by atoms with Gasteiger partial charge < -0.3 is 5.32 Å². The molecule has 0 spiro atoms. The second-order valence-electron chi connectivity index (χ2n) is 7.70. The number of rotatable bonds is 6. The maximum Gasteiger partial charge on any atom is 0.243 e. The van der Waals surface area contributed by atoms with Crippen LogP contribution in [0.4, 0.5) is 0 Å². The van der Waals surface area contributed by atoms with Gasteiger partial charge in [-0.3, -0.25) is 4.79 Å². The van der Waals surface area contributed by atoms with E-state index in [1.807, 2.05) is 6.92 Å². The fourth-order valence-corrected chi connectivity index (χ4v) is 5.76. The number of hydrogen-bond donors (Lipinski definition) is 1. The van der Waals surface area contributed by atoms with Gasteiger partial charge in [-0.25, -0.2) is 16.8 Å². The Balaban J connectivity index is 1.58. The predicted octanol–water partition coefficient (Wildman–Crippen LogP) is 3.02. The Morgan fingerprint density at radius 1 is 0.968 bits per heavy atom. The van der Waals surface area contributed by atoms with Crippen LogP contribution < -0.4 is 5.32 Å². The molecule has 2 aromatic rings. The average Bonchev–Trinajstić information content (AvgIpc) is 2.73. The lowest BCUT2D eigenvalue weighted by Gasteiger charge is -2.31. The summed E-state index contributed by atoms with van der Waals surface area (Å²) < 4.78 is 50.1. The van der Waals surface area contributed by atoms with Crippen LogP contribution in [0.5, 0.6) is 0 Å². The van der Waals surface area contributed by atoms with E-state index in [1.165, 1.54) is 28.6 Å². The fraction of sp³-hybridized carbons (Fsp3) is 0.381. The van der Waals surface area contributed by atoms with Crippen molar-refractivity contribution < 1.29 is 21.6 Å². The third kappa shape index (κ3) is 5.65. The highest BCUT2D eigenvalue weighted by atomic mass is 35.5. The second-order valence-corrected chi connectivity index (χ2v) is 12.1. The van der Waals surface area contributed by atoms with Gasteiger partial charge >= 0.3 is 0 Å². The quantitative estimate of drug-likeness (QED) is 0.679. The van der Waals surface area contributed by atoms with Crippen LogP contribution in [-0.4, -0.2) is 46.4 Å². The summed E-state index contributed by atoms with van der Waals surface area (Å²) in [6.07, 6.45) is 2.00. The minimum atomic E-state index is -3.62. The summed E-state index contributed by atoms with van der Waals surface area (Å²) in [6, 6.07) is 12.2. The van der Waals surface area contributed by atoms with Crippen LogP contribution >= 0.6 is 11.6 Å². The molecule has 0 aliphatic carbocycles. The number of nitrogens with one attached hydrogen (secondary N) is 1. The van der Waals surface area contributed by atoms with E-state index in [9.17, 15) is 21.6 Å². The highest BCUT2D eigenvalue weighted by Crippen LogP contribution is 2.26. The van der Waals surface area contributed by atoms with Crippen LogP contribution in [-0.2, 0) is 24.7 Å². The van der Waals surface area contributed by atoms with Crippen molar-refractivity contribution >= 4 is 37.4 Å². The zero-order chi connectivity index (χ0) is 22.8. The van der Waals surface area contributed by atoms with E-state index in [0.29, 0.717) is 17.9 Å². The third-order valence-corrected chi connectivity index (χ3v) is 8.74. The number of benzene rings is 2. The molecule has 31 heavy (non-hydrogen) atoms. The molecule has 1 N–H and O–H groups in total. The number of halogens is 1. The van der Waals surface area contributed by atoms with Gasteiger partial charge in [-0.05, 0) is 61.7 Å². The highest BCUT2D eigenvalue weighted by Gasteiger charge is 2.32. The van der Waals surface area contributed by atoms with E-state index in [1.54, 1.807) is 24.3 Å². The number of sulfonamides is 1. The summed E-state index contributed by atoms with van der Waals surface area (Å²) in [4.78, 5) is 13.1. The maximum atomic E-state index is 12.8. The second kappa shape index (κ2) is 9.28. The Kier molecular flexibility index (Phi) is 7.10. The van der Waals surface area contributed by atoms with Crippen LogP contribution in [0.15, 0.2) is 58.3 Å². The molecule has 3 rings (SSSR count). The first-order valence-electron chi connectivity index (χ1n) is 9.84. The number of nitrogens with zero attached hydrogens (tertiary/aromatic N) is 1. The molecule has 0 bridgehead atoms. The Bertz CT molecular complexity index is 1140. The lowest BCUT2D eigenvalue weighted by atomic mass is 9.96. The summed E-state index contributed by atoms with van der Waals surface area (Å²) in [5.41, 5.74) is 0.795. The van der Waals surface area contributed by atoms with Gasteiger partial charge in [0.25, 0.3) is 0 Å². The Morgan fingerprint density at radius 3 is 2.00 bits per heavy atom. The van der Waals surface area contributed by atoms with Crippen molar-refractivity contribution in [3.8, 4) is 0 Å². The van der Waals surface area contributed by atoms with Crippen LogP contribution in [0.3, 0.4) is 0 Å². The molecule has 1 aliphatic rings. The Morgan fingerprint density at radius 2 is 1.48 bits per heavy atom. The number of piperidine rings is 1. The molecule has 1 fully saturated rings. The van der Waals surface area contributed by atoms with Crippen LogP contribution in [0.25, 0.3) is 0 Å². The number of carbonyl (C=O) groups is 1. The summed E-state index contributed by atoms with van der Waals surface area (Å²) in [5.74, 6) is -0.419. The summed E-state index contributed by atoms with van der Waals surface area (Å²) in [6.45, 7) is 2.36. The molecule has 1 aliphatic heterocycles. The standard InChI is InChI=1S/C21H25ClN2O5S2/c1-15(16-3-7-19(8-4-16)30(2,26)27)23-21(25)17-11-13-24(14-12-17)31(28,29)20-9-5-18(22)6-10-20/h3-10,15,17H,11-14H2,1-2H3,(H,23,25)/t15-/m1/s1. The molecule has 0 saturated carbocycles. The van der Waals surface area contributed by atoms with Gasteiger partial charge in [-0.1, -0.05) is 23.7 Å². The highest BCUT2D eigenvalue weighted by molar-refractivity contribution is 7.90. The SMILES string of the molecule is C[C@@H](NC(=O)C1CCN(S(=O)(=O)c2ccc(Cl)cc2)CC1)c1ccc(S(C)(=O)=O)cc1. The minimum Gasteiger partial charge on any atom is -0.349 e. The van der Waals surface area contributed by atoms with Crippen molar-refractivity contribution in [1.82, 2.24) is 9.62 Å². The smallest absolute Gasteiger partial charge is 0.243 e. The zero-order valence-corrected chi connectivity index (χ0v) is 19.7. The molecular formula is C21H25ClN2O5S2. The van der Waals surface area contributed by atoms with Crippen molar-refractivity contribution in [2.75, 3.05) is 19.3 Å². The van der Waals surface area contributed by atoms with E-state index in [2.05, 4.69) is 5.32 Å². The van der Waals surface area contributed by atoms with Crippen LogP contribution in [0.1, 0.15) is 31.4 Å². The lowest BCUT2D eigenvalue weighted by Crippen LogP contribution is -2.43. The van der Waals surface area contributed by atoms with E-state index in [4.69, 9.17) is 11.6 Å². The first-order chi connectivity index (χ1) is 14.5. The van der Waals surface area contributed by atoms with E-state index >= 15 is 0 Å². The van der Waals surface area contributed by atoms with Crippen LogP contribution in [0.2, 0.25) is 5.02 Å². The van der Waals surface area contributed by atoms with Gasteiger partial charge in [0.15, 0.2) is 9.84 Å². The Labute approximate surface area is 188 Å². The summed E-state index contributed by atoms with van der Waals surface area (Å²) in [7, 11) is -6.89. The topological polar surface area (TPSA) is 101 Å². The first-order valence-corrected chi connectivity index (χ1v) is 13.6. The number of sulfone groups is 1. The van der Waals surface area contributed by atoms with Gasteiger partial charge in [-0.2, -0.15) is 4.31 Å². The maximum absolute atomic E-state index is 12.8. The van der Waals surface area contributed by atoms with Gasteiger partial charge in [0, 0.05) is 30.3 Å². The van der Waals surface area contributed by atoms with Crippen molar-refractivity contribution in [2.24, 2.45) is 5.92 Å². The molecule has 1 atom stereocenters. The van der Waals surface area contributed by atoms with Crippen molar-refractivity contribution in [3.63, 3.8) is 0 Å². The summed E-state index contributed by atoms with van der Waals surface area (Å²) >= 11 is 5.84. The molecule has 0 aromatic heterocycles. The van der Waals surface area contributed by atoms with E-state index < -0.39 is 19.9 Å². The van der Waals surface area contributed by atoms with Crippen molar-refractivity contribution in [2.45, 2.75) is 35.6 Å². The molecule has 0 radical (unpaired) electrons. The van der Waals surface area contributed by atoms with Crippen LogP contribution in [0, 0.1) is 5.92 Å². The monoisotopic (exact) mass is 484 g/mol. The largest absolute Gasteiger partial charge is 0.349 e. The normalized spacial score (nSPS) is 17.3. The number of amides is 1. The zero-order valence-electron chi connectivity index (χ0n) is 17.3. The molecule has 168 valence electrons. The molecule has 2 aromatic carbocycles. The van der Waals surface area contributed by atoms with Crippen molar-refractivity contribution in [3.05, 3.63) is 59.1 Å². The predicted molar refractivity (Wildman–Crippen MR) is 119 cm³/mol. The molecular weight excluding hydrogens is 460 g/mol. The van der Waals surface area contributed by atoms with Gasteiger partial charge in [0.1, 0.15) is 0 Å². The van der Waals surface area contributed by atoms with Gasteiger partial charge in [-0.15, -0.1) is 0 Å². The molecule has 7 nitrogen and oxygen atoms in total. The number of carbonyl (C=O) groups excluding carboxylic acids is 1. The number of hydrogen-bond acceptors (Lipinski definition) is 5. The molecule has 1 saturated heterocycles. The molecule has 10 heteroatoms. The molecule has 0 unspecified atom stereocenters. The molecule has 1 heterocycles. The van der Waals surface area contributed by atoms with E-state index in [0.717, 1.165) is 11.8 Å². The fourth-order valence-electron chi connectivity index (χ4n) is 3.53. The van der Waals surface area contributed by atoms with Crippen molar-refractivity contribution in [1.29, 1.82) is 0 Å². The van der Waals surface area contributed by atoms with Gasteiger partial charge in [0.05, 0.1) is 15.8 Å². The Hall–Kier alpha value is -1.94. The first kappa shape index (κ1) is 23.7. The third-order valence-electron chi connectivity index (χ3n) is 5.44. The van der Waals surface area contributed by atoms with Gasteiger partial charge in [0.2, 0.25) is 15.9 Å². The minimum absolute atomic E-state index is 0.136. The lowest BCUT2D eigenvalue weighted by molar-refractivity contribution is -0.126. The summed E-state index contributed by atoms with van der Waals surface area (Å²) in [5, 5.41) is 3.41.